The van der Waals surface area contributed by atoms with Crippen molar-refractivity contribution in [3.8, 4) is 5.75 Å². The van der Waals surface area contributed by atoms with E-state index in [0.29, 0.717) is 5.56 Å². The highest BCUT2D eigenvalue weighted by Crippen LogP contribution is 2.29. The minimum absolute atomic E-state index is 0.121. The molecule has 0 saturated heterocycles. The number of hydrogen-bond donors (Lipinski definition) is 0. The molecule has 0 atom stereocenters. The van der Waals surface area contributed by atoms with Crippen LogP contribution in [0.1, 0.15) is 23.2 Å². The second-order valence-corrected chi connectivity index (χ2v) is 4.02. The standard InChI is InChI=1S/C11H13FN2O2/c1-14(2)11(15)8-6-13-10(12)5-9(8)16-7-3-4-7/h5-7H,3-4H2,1-2H3. The number of hydrogen-bond acceptors (Lipinski definition) is 3. The number of pyridine rings is 1. The van der Waals surface area contributed by atoms with Gasteiger partial charge in [-0.1, -0.05) is 0 Å². The number of halogens is 1. The molecule has 1 amide bonds. The summed E-state index contributed by atoms with van der Waals surface area (Å²) < 4.78 is 18.4. The molecule has 2 rings (SSSR count). The van der Waals surface area contributed by atoms with Crippen molar-refractivity contribution in [1.82, 2.24) is 9.88 Å². The average Bonchev–Trinajstić information content (AvgIpc) is 3.01. The van der Waals surface area contributed by atoms with E-state index >= 15 is 0 Å². The molecule has 0 radical (unpaired) electrons. The second-order valence-electron chi connectivity index (χ2n) is 4.02. The zero-order chi connectivity index (χ0) is 11.7. The first-order valence-corrected chi connectivity index (χ1v) is 5.12. The lowest BCUT2D eigenvalue weighted by molar-refractivity contribution is 0.0822. The van der Waals surface area contributed by atoms with E-state index in [1.54, 1.807) is 14.1 Å². The van der Waals surface area contributed by atoms with Crippen molar-refractivity contribution < 1.29 is 13.9 Å². The molecule has 1 aliphatic rings. The highest BCUT2D eigenvalue weighted by molar-refractivity contribution is 5.96. The Hall–Kier alpha value is -1.65. The van der Waals surface area contributed by atoms with Crippen LogP contribution in [0.4, 0.5) is 4.39 Å². The number of nitrogens with zero attached hydrogens (tertiary/aromatic N) is 2. The predicted molar refractivity (Wildman–Crippen MR) is 55.9 cm³/mol. The minimum atomic E-state index is -0.633. The third-order valence-electron chi connectivity index (χ3n) is 2.29. The fourth-order valence-corrected chi connectivity index (χ4v) is 1.28. The quantitative estimate of drug-likeness (QED) is 0.730. The summed E-state index contributed by atoms with van der Waals surface area (Å²) in [5.74, 6) is -0.581. The van der Waals surface area contributed by atoms with E-state index < -0.39 is 5.95 Å². The minimum Gasteiger partial charge on any atom is -0.489 e. The Balaban J connectivity index is 2.30. The normalized spacial score (nSPS) is 14.7. The average molecular weight is 224 g/mol. The van der Waals surface area contributed by atoms with Gasteiger partial charge in [-0.3, -0.25) is 4.79 Å². The third-order valence-corrected chi connectivity index (χ3v) is 2.29. The van der Waals surface area contributed by atoms with Gasteiger partial charge in [-0.25, -0.2) is 4.98 Å². The van der Waals surface area contributed by atoms with Crippen molar-refractivity contribution in [3.63, 3.8) is 0 Å². The van der Waals surface area contributed by atoms with Gasteiger partial charge in [-0.2, -0.15) is 4.39 Å². The van der Waals surface area contributed by atoms with E-state index in [1.165, 1.54) is 11.1 Å². The molecule has 0 aromatic carbocycles. The Morgan fingerprint density at radius 1 is 1.56 bits per heavy atom. The van der Waals surface area contributed by atoms with Gasteiger partial charge in [0.25, 0.3) is 5.91 Å². The van der Waals surface area contributed by atoms with Crippen molar-refractivity contribution in [1.29, 1.82) is 0 Å². The van der Waals surface area contributed by atoms with Gasteiger partial charge in [0.15, 0.2) is 0 Å². The molecule has 1 heterocycles. The Labute approximate surface area is 93.0 Å². The second kappa shape index (κ2) is 4.08. The molecule has 16 heavy (non-hydrogen) atoms. The predicted octanol–water partition coefficient (Wildman–Crippen LogP) is 1.46. The van der Waals surface area contributed by atoms with E-state index in [0.717, 1.165) is 18.9 Å². The monoisotopic (exact) mass is 224 g/mol. The Bertz CT molecular complexity index is 416. The van der Waals surface area contributed by atoms with Gasteiger partial charge in [0.2, 0.25) is 5.95 Å². The van der Waals surface area contributed by atoms with E-state index in [4.69, 9.17) is 4.74 Å². The van der Waals surface area contributed by atoms with Crippen LogP contribution >= 0.6 is 0 Å². The fourth-order valence-electron chi connectivity index (χ4n) is 1.28. The lowest BCUT2D eigenvalue weighted by atomic mass is 10.2. The Morgan fingerprint density at radius 3 is 2.81 bits per heavy atom. The number of carbonyl (C=O) groups excluding carboxylic acids is 1. The molecule has 0 unspecified atom stereocenters. The fraction of sp³-hybridized carbons (Fsp3) is 0.455. The van der Waals surface area contributed by atoms with Crippen LogP contribution in [0.15, 0.2) is 12.3 Å². The van der Waals surface area contributed by atoms with Crippen molar-refractivity contribution in [2.75, 3.05) is 14.1 Å². The van der Waals surface area contributed by atoms with Crippen LogP contribution in [0.5, 0.6) is 5.75 Å². The van der Waals surface area contributed by atoms with E-state index in [2.05, 4.69) is 4.98 Å². The van der Waals surface area contributed by atoms with Gasteiger partial charge in [-0.05, 0) is 12.8 Å². The lowest BCUT2D eigenvalue weighted by Gasteiger charge is -2.14. The van der Waals surface area contributed by atoms with Crippen LogP contribution in [0.25, 0.3) is 0 Å². The summed E-state index contributed by atoms with van der Waals surface area (Å²) in [6, 6.07) is 1.16. The largest absolute Gasteiger partial charge is 0.489 e. The number of carbonyl (C=O) groups is 1. The molecule has 0 aliphatic heterocycles. The highest BCUT2D eigenvalue weighted by atomic mass is 19.1. The summed E-state index contributed by atoms with van der Waals surface area (Å²) in [6.45, 7) is 0. The summed E-state index contributed by atoms with van der Waals surface area (Å²) >= 11 is 0. The van der Waals surface area contributed by atoms with Gasteiger partial charge >= 0.3 is 0 Å². The summed E-state index contributed by atoms with van der Waals surface area (Å²) in [6.07, 6.45) is 3.25. The van der Waals surface area contributed by atoms with Crippen LogP contribution < -0.4 is 4.74 Å². The third kappa shape index (κ3) is 2.29. The smallest absolute Gasteiger partial charge is 0.258 e. The van der Waals surface area contributed by atoms with Crippen LogP contribution in [-0.2, 0) is 0 Å². The molecule has 5 heteroatoms. The molecule has 0 bridgehead atoms. The maximum absolute atomic E-state index is 13.0. The molecule has 1 fully saturated rings. The molecule has 0 spiro atoms. The van der Waals surface area contributed by atoms with Gasteiger partial charge in [0.1, 0.15) is 11.3 Å². The molecule has 4 nitrogen and oxygen atoms in total. The molecule has 86 valence electrons. The topological polar surface area (TPSA) is 42.4 Å². The van der Waals surface area contributed by atoms with Gasteiger partial charge in [0, 0.05) is 26.4 Å². The van der Waals surface area contributed by atoms with Crippen molar-refractivity contribution >= 4 is 5.91 Å². The maximum atomic E-state index is 13.0. The molecule has 1 aliphatic carbocycles. The van der Waals surface area contributed by atoms with Crippen LogP contribution in [0.2, 0.25) is 0 Å². The van der Waals surface area contributed by atoms with Crippen molar-refractivity contribution in [2.24, 2.45) is 0 Å². The van der Waals surface area contributed by atoms with Crippen LogP contribution in [-0.4, -0.2) is 36.0 Å². The Morgan fingerprint density at radius 2 is 2.25 bits per heavy atom. The number of aromatic nitrogens is 1. The molecule has 0 N–H and O–H groups in total. The van der Waals surface area contributed by atoms with Gasteiger partial charge < -0.3 is 9.64 Å². The van der Waals surface area contributed by atoms with Crippen molar-refractivity contribution in [2.45, 2.75) is 18.9 Å². The number of ether oxygens (including phenoxy) is 1. The van der Waals surface area contributed by atoms with Crippen molar-refractivity contribution in [3.05, 3.63) is 23.8 Å². The Kier molecular flexibility index (Phi) is 2.77. The summed E-state index contributed by atoms with van der Waals surface area (Å²) in [5, 5.41) is 0. The molecular formula is C11H13FN2O2. The molecular weight excluding hydrogens is 211 g/mol. The number of amides is 1. The highest BCUT2D eigenvalue weighted by Gasteiger charge is 2.26. The van der Waals surface area contributed by atoms with E-state index in [9.17, 15) is 9.18 Å². The van der Waals surface area contributed by atoms with Crippen LogP contribution in [0.3, 0.4) is 0 Å². The zero-order valence-electron chi connectivity index (χ0n) is 9.24. The summed E-state index contributed by atoms with van der Waals surface area (Å²) in [4.78, 5) is 16.7. The first-order valence-electron chi connectivity index (χ1n) is 5.12. The zero-order valence-corrected chi connectivity index (χ0v) is 9.24. The van der Waals surface area contributed by atoms with Gasteiger partial charge in [0.05, 0.1) is 6.10 Å². The first kappa shape index (κ1) is 10.9. The SMILES string of the molecule is CN(C)C(=O)c1cnc(F)cc1OC1CC1. The summed E-state index contributed by atoms with van der Waals surface area (Å²) in [5.41, 5.74) is 0.304. The molecule has 1 aromatic rings. The maximum Gasteiger partial charge on any atom is 0.258 e. The van der Waals surface area contributed by atoms with Gasteiger partial charge in [-0.15, -0.1) is 0 Å². The molecule has 1 aromatic heterocycles. The summed E-state index contributed by atoms with van der Waals surface area (Å²) in [7, 11) is 3.26. The van der Waals surface area contributed by atoms with Crippen LogP contribution in [0, 0.1) is 5.95 Å². The lowest BCUT2D eigenvalue weighted by Crippen LogP contribution is -2.23. The first-order chi connectivity index (χ1) is 7.58. The van der Waals surface area contributed by atoms with E-state index in [-0.39, 0.29) is 17.8 Å². The number of rotatable bonds is 3. The van der Waals surface area contributed by atoms with E-state index in [1.807, 2.05) is 0 Å². The molecule has 1 saturated carbocycles.